The molecule has 0 aliphatic heterocycles. The third kappa shape index (κ3) is 27.7. The summed E-state index contributed by atoms with van der Waals surface area (Å²) < 4.78 is 0. The zero-order chi connectivity index (χ0) is 29.6. The second kappa shape index (κ2) is 30.0. The van der Waals surface area contributed by atoms with E-state index in [0.29, 0.717) is 19.5 Å². The van der Waals surface area contributed by atoms with Gasteiger partial charge in [0.15, 0.2) is 0 Å². The Morgan fingerprint density at radius 2 is 1.05 bits per heavy atom. The van der Waals surface area contributed by atoms with Crippen LogP contribution in [0.15, 0.2) is 12.2 Å². The molecule has 240 valence electrons. The smallest absolute Gasteiger partial charge is 0.0782 e. The number of allylic oxidation sites excluding steroid dienone is 2. The Morgan fingerprint density at radius 1 is 0.625 bits per heavy atom. The van der Waals surface area contributed by atoms with Crippen LogP contribution in [0.2, 0.25) is 0 Å². The van der Waals surface area contributed by atoms with E-state index in [1.54, 1.807) is 0 Å². The highest BCUT2D eigenvalue weighted by atomic mass is 16.3. The number of hydrogen-bond donors (Lipinski definition) is 6. The number of hydrazine groups is 1. The predicted octanol–water partition coefficient (Wildman–Crippen LogP) is 7.73. The lowest BCUT2D eigenvalue weighted by Crippen LogP contribution is -2.61. The van der Waals surface area contributed by atoms with E-state index in [4.69, 9.17) is 17.2 Å². The minimum absolute atomic E-state index is 0.195. The second-order valence-corrected chi connectivity index (χ2v) is 12.4. The summed E-state index contributed by atoms with van der Waals surface area (Å²) in [6, 6.07) is -0.195. The highest BCUT2D eigenvalue weighted by Gasteiger charge is 2.20. The summed E-state index contributed by atoms with van der Waals surface area (Å²) in [6.45, 7) is 5.35. The summed E-state index contributed by atoms with van der Waals surface area (Å²) in [5, 5.41) is 10.6. The molecule has 0 aromatic carbocycles. The molecule has 0 aromatic heterocycles. The van der Waals surface area contributed by atoms with Crippen molar-refractivity contribution in [3.8, 4) is 0 Å². The van der Waals surface area contributed by atoms with Crippen molar-refractivity contribution < 1.29 is 5.11 Å². The minimum Gasteiger partial charge on any atom is -0.391 e. The molecule has 0 aliphatic carbocycles. The van der Waals surface area contributed by atoms with Gasteiger partial charge in [-0.2, -0.15) is 0 Å². The first kappa shape index (κ1) is 39.5. The molecule has 2 atom stereocenters. The summed E-state index contributed by atoms with van der Waals surface area (Å²) in [5.41, 5.74) is 24.0. The van der Waals surface area contributed by atoms with Crippen molar-refractivity contribution in [2.24, 2.45) is 17.2 Å². The molecule has 0 rings (SSSR count). The number of unbranched alkanes of at least 4 members (excludes halogenated alkanes) is 20. The molecule has 0 fully saturated rings. The van der Waals surface area contributed by atoms with Crippen LogP contribution in [0.1, 0.15) is 174 Å². The lowest BCUT2D eigenvalue weighted by Gasteiger charge is -2.28. The van der Waals surface area contributed by atoms with Gasteiger partial charge in [0.1, 0.15) is 0 Å². The Bertz CT molecular complexity index is 528. The Kier molecular flexibility index (Phi) is 29.6. The van der Waals surface area contributed by atoms with Gasteiger partial charge in [-0.15, -0.1) is 0 Å². The molecule has 0 saturated carbocycles. The minimum atomic E-state index is -0.797. The number of aliphatic hydroxyl groups excluding tert-OH is 1. The highest BCUT2D eigenvalue weighted by molar-refractivity contribution is 4.88. The molecule has 0 aromatic rings. The monoisotopic (exact) mass is 568 g/mol. The van der Waals surface area contributed by atoms with Gasteiger partial charge in [0.25, 0.3) is 0 Å². The third-order valence-electron chi connectivity index (χ3n) is 8.19. The van der Waals surface area contributed by atoms with Crippen LogP contribution in [-0.4, -0.2) is 36.0 Å². The van der Waals surface area contributed by atoms with Crippen LogP contribution < -0.4 is 28.1 Å². The first-order chi connectivity index (χ1) is 19.5. The number of hydrogen-bond acceptors (Lipinski definition) is 6. The average molecular weight is 568 g/mol. The van der Waals surface area contributed by atoms with Crippen molar-refractivity contribution in [2.75, 3.05) is 13.1 Å². The van der Waals surface area contributed by atoms with Crippen LogP contribution in [0.3, 0.4) is 0 Å². The van der Waals surface area contributed by atoms with E-state index >= 15 is 0 Å². The van der Waals surface area contributed by atoms with Gasteiger partial charge in [-0.05, 0) is 32.1 Å². The molecule has 0 aliphatic rings. The van der Waals surface area contributed by atoms with Crippen LogP contribution in [0.5, 0.6) is 0 Å². The van der Waals surface area contributed by atoms with E-state index in [2.05, 4.69) is 36.9 Å². The van der Waals surface area contributed by atoms with Gasteiger partial charge in [0.2, 0.25) is 0 Å². The zero-order valence-corrected chi connectivity index (χ0v) is 27.1. The Labute approximate surface area is 250 Å². The van der Waals surface area contributed by atoms with Crippen molar-refractivity contribution in [3.63, 3.8) is 0 Å². The average Bonchev–Trinajstić information content (AvgIpc) is 2.94. The molecular weight excluding hydrogens is 494 g/mol. The van der Waals surface area contributed by atoms with E-state index in [9.17, 15) is 5.11 Å². The molecule has 6 heteroatoms. The largest absolute Gasteiger partial charge is 0.391 e. The maximum Gasteiger partial charge on any atom is 0.0782 e. The topological polar surface area (TPSA) is 122 Å². The van der Waals surface area contributed by atoms with Crippen LogP contribution >= 0.6 is 0 Å². The number of nitrogens with two attached hydrogens (primary N) is 3. The molecule has 0 saturated heterocycles. The standard InChI is InChI=1S/C34H73N5O/c1-3-5-7-9-11-13-15-17-18-20-22-24-26-28-33(40)32(30-35)39-38-31-34(36,37)29-27-25-23-21-19-16-14-12-10-8-6-4-2/h23,25,32-33,38-40H,3-22,24,26-31,35-37H2,1-2H3/b25-23+/t32-,33-/m1/s1. The van der Waals surface area contributed by atoms with Gasteiger partial charge in [-0.3, -0.25) is 10.9 Å². The quantitative estimate of drug-likeness (QED) is 0.0214. The summed E-state index contributed by atoms with van der Waals surface area (Å²) in [7, 11) is 0. The van der Waals surface area contributed by atoms with Crippen molar-refractivity contribution >= 4 is 0 Å². The summed E-state index contributed by atoms with van der Waals surface area (Å²) in [4.78, 5) is 0. The van der Waals surface area contributed by atoms with Crippen molar-refractivity contribution in [2.45, 2.75) is 192 Å². The normalized spacial score (nSPS) is 13.8. The Morgan fingerprint density at radius 3 is 1.52 bits per heavy atom. The Hall–Kier alpha value is -0.500. The van der Waals surface area contributed by atoms with Crippen molar-refractivity contribution in [1.29, 1.82) is 0 Å². The van der Waals surface area contributed by atoms with Gasteiger partial charge in [-0.1, -0.05) is 154 Å². The van der Waals surface area contributed by atoms with Crippen LogP contribution in [-0.2, 0) is 0 Å². The number of rotatable bonds is 32. The maximum atomic E-state index is 10.6. The Balaban J connectivity index is 3.72. The van der Waals surface area contributed by atoms with E-state index in [1.165, 1.54) is 128 Å². The van der Waals surface area contributed by atoms with Crippen LogP contribution in [0, 0.1) is 0 Å². The van der Waals surface area contributed by atoms with E-state index in [-0.39, 0.29) is 6.04 Å². The SMILES string of the molecule is CCCCCCCCCC/C=C/CCC(N)(N)CNN[C@H](CN)[C@H](O)CCCCCCCCCCCCCCC. The fraction of sp³-hybridized carbons (Fsp3) is 0.941. The summed E-state index contributed by atoms with van der Waals surface area (Å²) in [6.07, 6.45) is 35.7. The molecular formula is C34H73N5O. The van der Waals surface area contributed by atoms with Crippen molar-refractivity contribution in [3.05, 3.63) is 12.2 Å². The second-order valence-electron chi connectivity index (χ2n) is 12.4. The first-order valence-corrected chi connectivity index (χ1v) is 17.6. The van der Waals surface area contributed by atoms with Gasteiger partial charge in [0, 0.05) is 13.1 Å². The molecule has 0 unspecified atom stereocenters. The molecule has 0 radical (unpaired) electrons. The zero-order valence-electron chi connectivity index (χ0n) is 27.1. The maximum absolute atomic E-state index is 10.6. The third-order valence-corrected chi connectivity index (χ3v) is 8.19. The highest BCUT2D eigenvalue weighted by Crippen LogP contribution is 2.14. The van der Waals surface area contributed by atoms with Gasteiger partial charge in [-0.25, -0.2) is 0 Å². The predicted molar refractivity (Wildman–Crippen MR) is 177 cm³/mol. The van der Waals surface area contributed by atoms with Gasteiger partial charge in [0.05, 0.1) is 17.8 Å². The lowest BCUT2D eigenvalue weighted by molar-refractivity contribution is 0.108. The molecule has 0 spiro atoms. The first-order valence-electron chi connectivity index (χ1n) is 17.6. The molecule has 0 heterocycles. The van der Waals surface area contributed by atoms with Crippen molar-refractivity contribution in [1.82, 2.24) is 10.9 Å². The molecule has 9 N–H and O–H groups in total. The fourth-order valence-electron chi connectivity index (χ4n) is 5.30. The fourth-order valence-corrected chi connectivity index (χ4v) is 5.30. The van der Waals surface area contributed by atoms with E-state index in [0.717, 1.165) is 25.7 Å². The molecule has 40 heavy (non-hydrogen) atoms. The lowest BCUT2D eigenvalue weighted by atomic mass is 10.0. The summed E-state index contributed by atoms with van der Waals surface area (Å²) >= 11 is 0. The van der Waals surface area contributed by atoms with Crippen LogP contribution in [0.4, 0.5) is 0 Å². The summed E-state index contributed by atoms with van der Waals surface area (Å²) in [5.74, 6) is 0. The van der Waals surface area contributed by atoms with Gasteiger partial charge >= 0.3 is 0 Å². The number of aliphatic hydroxyl groups is 1. The van der Waals surface area contributed by atoms with E-state index in [1.807, 2.05) is 0 Å². The van der Waals surface area contributed by atoms with Crippen LogP contribution in [0.25, 0.3) is 0 Å². The molecule has 0 amide bonds. The number of nitrogens with one attached hydrogen (secondary N) is 2. The molecule has 0 bridgehead atoms. The molecule has 6 nitrogen and oxygen atoms in total. The van der Waals surface area contributed by atoms with E-state index < -0.39 is 11.8 Å². The van der Waals surface area contributed by atoms with Gasteiger partial charge < -0.3 is 22.3 Å².